The Kier molecular flexibility index (Phi) is 9.52. The van der Waals surface area contributed by atoms with Crippen molar-refractivity contribution in [2.75, 3.05) is 0 Å². The molecule has 147 valence electrons. The van der Waals surface area contributed by atoms with Gasteiger partial charge in [-0.1, -0.05) is 0 Å². The van der Waals surface area contributed by atoms with Crippen molar-refractivity contribution in [2.45, 2.75) is 67.8 Å². The van der Waals surface area contributed by atoms with Gasteiger partial charge in [-0.25, -0.2) is 0 Å². The van der Waals surface area contributed by atoms with E-state index in [-0.39, 0.29) is 24.8 Å². The van der Waals surface area contributed by atoms with Gasteiger partial charge in [0.15, 0.2) is 0 Å². The molecule has 0 aliphatic heterocycles. The molecule has 2 aliphatic carbocycles. The molecule has 0 bridgehead atoms. The third-order valence-electron chi connectivity index (χ3n) is 6.27. The Morgan fingerprint density at radius 3 is 2.32 bits per heavy atom. The summed E-state index contributed by atoms with van der Waals surface area (Å²) in [6.07, 6.45) is 13.4. The second-order valence-electron chi connectivity index (χ2n) is 8.02. The van der Waals surface area contributed by atoms with Crippen LogP contribution in [0.4, 0.5) is 0 Å². The topological polar surface area (TPSA) is 0 Å². The van der Waals surface area contributed by atoms with Crippen molar-refractivity contribution < 1.29 is 49.5 Å². The molecule has 0 nitrogen and oxygen atoms in total. The van der Waals surface area contributed by atoms with Crippen molar-refractivity contribution in [1.82, 2.24) is 0 Å². The third-order valence-corrected chi connectivity index (χ3v) is 7.94. The van der Waals surface area contributed by atoms with Crippen LogP contribution in [0.3, 0.4) is 0 Å². The normalized spacial score (nSPS) is 18.7. The monoisotopic (exact) mass is 489 g/mol. The Hall–Kier alpha value is -0.357. The molecule has 3 heteroatoms. The van der Waals surface area contributed by atoms with Crippen LogP contribution < -0.4 is 24.8 Å². The van der Waals surface area contributed by atoms with E-state index in [2.05, 4.69) is 55.5 Å². The van der Waals surface area contributed by atoms with Crippen LogP contribution in [-0.2, 0) is 24.7 Å². The first-order valence-corrected chi connectivity index (χ1v) is 11.8. The predicted molar refractivity (Wildman–Crippen MR) is 108 cm³/mol. The van der Waals surface area contributed by atoms with Crippen molar-refractivity contribution in [3.05, 3.63) is 64.7 Å². The van der Waals surface area contributed by atoms with E-state index < -0.39 is 0 Å². The summed E-state index contributed by atoms with van der Waals surface area (Å²) in [4.78, 5) is 0. The fourth-order valence-corrected chi connectivity index (χ4v) is 5.86. The summed E-state index contributed by atoms with van der Waals surface area (Å²) >= 11 is 1.63. The average Bonchev–Trinajstić information content (AvgIpc) is 3.03. The first kappa shape index (κ1) is 23.9. The minimum Gasteiger partial charge on any atom is -1.00 e. The minimum atomic E-state index is 0. The van der Waals surface area contributed by atoms with E-state index in [9.17, 15) is 0 Å². The standard InChI is InChI=1S/C25H29.2ClH.Zr/c1-2-3-8-19-17-23-11-7-12-24(25(23)18-19)22-15-13-21(14-16-22)20-9-5-4-6-10-20;;;/h7,11-18,20H,2-6,8-10H2,1H3;2*1H;/q;;;+2/p-2. The molecular formula is C25H29Cl2Zr. The molecule has 1 saturated carbocycles. The Labute approximate surface area is 198 Å². The second kappa shape index (κ2) is 11.1. The van der Waals surface area contributed by atoms with E-state index in [1.54, 1.807) is 41.4 Å². The third kappa shape index (κ3) is 5.03. The van der Waals surface area contributed by atoms with Gasteiger partial charge in [-0.2, -0.15) is 0 Å². The van der Waals surface area contributed by atoms with Gasteiger partial charge in [0.25, 0.3) is 0 Å². The SMILES string of the molecule is CCCCC1=Cc2c(-c3ccc(C4CCCCC4)cc3)cccc2[CH]1[Zr+2].[Cl-].[Cl-]. The number of halogens is 2. The molecule has 4 rings (SSSR count). The Morgan fingerprint density at radius 1 is 0.929 bits per heavy atom. The Morgan fingerprint density at radius 2 is 1.64 bits per heavy atom. The maximum Gasteiger partial charge on any atom is -1.00 e. The second-order valence-corrected chi connectivity index (χ2v) is 9.44. The van der Waals surface area contributed by atoms with Gasteiger partial charge in [0.1, 0.15) is 0 Å². The quantitative estimate of drug-likeness (QED) is 0.596. The van der Waals surface area contributed by atoms with Crippen LogP contribution in [-0.4, -0.2) is 0 Å². The van der Waals surface area contributed by atoms with Gasteiger partial charge in [-0.05, 0) is 0 Å². The van der Waals surface area contributed by atoms with E-state index in [0.29, 0.717) is 3.63 Å². The first-order valence-electron chi connectivity index (χ1n) is 10.4. The molecule has 0 radical (unpaired) electrons. The maximum absolute atomic E-state index is 2.51. The molecule has 0 saturated heterocycles. The van der Waals surface area contributed by atoms with Gasteiger partial charge >= 0.3 is 174 Å². The van der Waals surface area contributed by atoms with Gasteiger partial charge in [0.2, 0.25) is 0 Å². The molecule has 28 heavy (non-hydrogen) atoms. The van der Waals surface area contributed by atoms with Crippen molar-refractivity contribution in [1.29, 1.82) is 0 Å². The van der Waals surface area contributed by atoms with E-state index in [1.165, 1.54) is 68.1 Å². The molecule has 0 aromatic heterocycles. The van der Waals surface area contributed by atoms with Gasteiger partial charge in [-0.15, -0.1) is 0 Å². The number of unbranched alkanes of at least 4 members (excludes halogenated alkanes) is 1. The van der Waals surface area contributed by atoms with Crippen LogP contribution in [0, 0.1) is 0 Å². The molecule has 0 heterocycles. The van der Waals surface area contributed by atoms with Gasteiger partial charge in [0.05, 0.1) is 0 Å². The number of allylic oxidation sites excluding steroid dienone is 1. The molecule has 2 aromatic rings. The van der Waals surface area contributed by atoms with Crippen LogP contribution in [0.15, 0.2) is 48.0 Å². The summed E-state index contributed by atoms with van der Waals surface area (Å²) in [5, 5.41) is 0. The van der Waals surface area contributed by atoms with Crippen LogP contribution in [0.2, 0.25) is 0 Å². The van der Waals surface area contributed by atoms with Gasteiger partial charge < -0.3 is 24.8 Å². The zero-order valence-electron chi connectivity index (χ0n) is 16.7. The maximum atomic E-state index is 2.51. The number of hydrogen-bond acceptors (Lipinski definition) is 0. The number of rotatable bonds is 5. The van der Waals surface area contributed by atoms with Gasteiger partial charge in [-0.3, -0.25) is 0 Å². The Bertz CT molecular complexity index is 789. The van der Waals surface area contributed by atoms with E-state index in [0.717, 1.165) is 5.92 Å². The molecule has 0 N–H and O–H groups in total. The molecule has 1 atom stereocenters. The summed E-state index contributed by atoms with van der Waals surface area (Å²) < 4.78 is 0.671. The largest absolute Gasteiger partial charge is 1.00 e. The summed E-state index contributed by atoms with van der Waals surface area (Å²) in [5.74, 6) is 0.795. The van der Waals surface area contributed by atoms with Crippen molar-refractivity contribution in [3.8, 4) is 11.1 Å². The molecule has 1 unspecified atom stereocenters. The number of fused-ring (bicyclic) bond motifs is 1. The molecule has 2 aliphatic rings. The number of hydrogen-bond donors (Lipinski definition) is 0. The fourth-order valence-electron chi connectivity index (χ4n) is 4.68. The molecule has 0 amide bonds. The van der Waals surface area contributed by atoms with Crippen LogP contribution in [0.5, 0.6) is 0 Å². The van der Waals surface area contributed by atoms with Crippen molar-refractivity contribution in [3.63, 3.8) is 0 Å². The molecule has 1 fully saturated rings. The van der Waals surface area contributed by atoms with Crippen LogP contribution in [0.25, 0.3) is 17.2 Å². The predicted octanol–water partition coefficient (Wildman–Crippen LogP) is 1.58. The summed E-state index contributed by atoms with van der Waals surface area (Å²) in [6, 6.07) is 16.5. The molecule has 0 spiro atoms. The van der Waals surface area contributed by atoms with E-state index in [4.69, 9.17) is 0 Å². The summed E-state index contributed by atoms with van der Waals surface area (Å²) in [6.45, 7) is 2.29. The van der Waals surface area contributed by atoms with Crippen LogP contribution in [0.1, 0.15) is 84.5 Å². The zero-order valence-corrected chi connectivity index (χ0v) is 20.7. The van der Waals surface area contributed by atoms with Crippen molar-refractivity contribution >= 4 is 6.08 Å². The van der Waals surface area contributed by atoms with E-state index >= 15 is 0 Å². The number of benzene rings is 2. The van der Waals surface area contributed by atoms with Gasteiger partial charge in [0, 0.05) is 0 Å². The minimum absolute atomic E-state index is 0. The Balaban J connectivity index is 0.00000140. The fraction of sp³-hybridized carbons (Fsp3) is 0.440. The average molecular weight is 492 g/mol. The zero-order chi connectivity index (χ0) is 17.9. The smallest absolute Gasteiger partial charge is 1.00 e. The molecular weight excluding hydrogens is 462 g/mol. The first-order chi connectivity index (χ1) is 12.8. The summed E-state index contributed by atoms with van der Waals surface area (Å²) in [5.41, 5.74) is 9.08. The summed E-state index contributed by atoms with van der Waals surface area (Å²) in [7, 11) is 0. The van der Waals surface area contributed by atoms with Crippen molar-refractivity contribution in [2.24, 2.45) is 0 Å². The van der Waals surface area contributed by atoms with E-state index in [1.807, 2.05) is 0 Å². The molecule has 2 aromatic carbocycles. The van der Waals surface area contributed by atoms with Crippen LogP contribution >= 0.6 is 0 Å².